The van der Waals surface area contributed by atoms with Crippen molar-refractivity contribution in [1.82, 2.24) is 10.3 Å². The Hall–Kier alpha value is -3.96. The van der Waals surface area contributed by atoms with Crippen LogP contribution in [0.1, 0.15) is 39.4 Å². The minimum atomic E-state index is -0.509. The fraction of sp³-hybridized carbons (Fsp3) is 0.143. The van der Waals surface area contributed by atoms with E-state index in [2.05, 4.69) is 71.0 Å². The summed E-state index contributed by atoms with van der Waals surface area (Å²) in [6.45, 7) is 1.69. The Morgan fingerprint density at radius 1 is 0.848 bits per heavy atom. The molecular formula is C28H27N3O2. The Kier molecular flexibility index (Phi) is 7.46. The van der Waals surface area contributed by atoms with E-state index >= 15 is 0 Å². The highest BCUT2D eigenvalue weighted by Gasteiger charge is 2.13. The number of primary amides is 1. The summed E-state index contributed by atoms with van der Waals surface area (Å²) in [5, 5.41) is 3.56. The molecule has 1 heterocycles. The van der Waals surface area contributed by atoms with Gasteiger partial charge >= 0.3 is 0 Å². The van der Waals surface area contributed by atoms with Crippen LogP contribution in [0.15, 0.2) is 103 Å². The van der Waals surface area contributed by atoms with Crippen molar-refractivity contribution in [3.05, 3.63) is 126 Å². The molecule has 0 saturated heterocycles. The van der Waals surface area contributed by atoms with Gasteiger partial charge in [-0.25, -0.2) is 4.98 Å². The van der Waals surface area contributed by atoms with Crippen molar-refractivity contribution in [3.8, 4) is 11.6 Å². The lowest BCUT2D eigenvalue weighted by atomic mass is 9.88. The third-order valence-electron chi connectivity index (χ3n) is 5.51. The Balaban J connectivity index is 1.29. The van der Waals surface area contributed by atoms with Crippen molar-refractivity contribution in [2.75, 3.05) is 6.54 Å². The Morgan fingerprint density at radius 3 is 2.03 bits per heavy atom. The lowest BCUT2D eigenvalue weighted by Gasteiger charge is -2.18. The van der Waals surface area contributed by atoms with E-state index in [-0.39, 0.29) is 0 Å². The van der Waals surface area contributed by atoms with Gasteiger partial charge in [0.1, 0.15) is 5.75 Å². The number of carbonyl (C=O) groups is 1. The fourth-order valence-electron chi connectivity index (χ4n) is 3.76. The molecule has 5 nitrogen and oxygen atoms in total. The van der Waals surface area contributed by atoms with E-state index in [4.69, 9.17) is 10.5 Å². The molecule has 4 rings (SSSR count). The van der Waals surface area contributed by atoms with E-state index in [1.165, 1.54) is 22.9 Å². The van der Waals surface area contributed by atoms with Crippen LogP contribution in [0, 0.1) is 0 Å². The van der Waals surface area contributed by atoms with Gasteiger partial charge in [-0.1, -0.05) is 72.8 Å². The zero-order valence-corrected chi connectivity index (χ0v) is 18.4. The number of benzene rings is 3. The zero-order chi connectivity index (χ0) is 22.9. The fourth-order valence-corrected chi connectivity index (χ4v) is 3.76. The first kappa shape index (κ1) is 22.2. The van der Waals surface area contributed by atoms with Crippen molar-refractivity contribution >= 4 is 5.91 Å². The molecule has 0 aliphatic heterocycles. The molecule has 0 unspecified atom stereocenters. The number of rotatable bonds is 10. The number of aromatic nitrogens is 1. The predicted octanol–water partition coefficient (Wildman–Crippen LogP) is 5.28. The van der Waals surface area contributed by atoms with Gasteiger partial charge in [0.25, 0.3) is 0 Å². The summed E-state index contributed by atoms with van der Waals surface area (Å²) in [5.74, 6) is 0.957. The molecule has 0 fully saturated rings. The molecule has 0 atom stereocenters. The second-order valence-electron chi connectivity index (χ2n) is 7.83. The van der Waals surface area contributed by atoms with Gasteiger partial charge in [0.05, 0.1) is 5.56 Å². The molecule has 1 amide bonds. The number of ether oxygens (including phenoxy) is 1. The van der Waals surface area contributed by atoms with Crippen molar-refractivity contribution < 1.29 is 9.53 Å². The second kappa shape index (κ2) is 11.1. The molecule has 3 N–H and O–H groups in total. The molecule has 1 aromatic heterocycles. The highest BCUT2D eigenvalue weighted by molar-refractivity contribution is 5.92. The molecule has 0 spiro atoms. The first-order valence-electron chi connectivity index (χ1n) is 11.0. The maximum Gasteiger partial charge on any atom is 0.250 e. The molecular weight excluding hydrogens is 410 g/mol. The molecule has 3 aromatic carbocycles. The van der Waals surface area contributed by atoms with Crippen LogP contribution in [0.25, 0.3) is 0 Å². The molecule has 4 aromatic rings. The van der Waals surface area contributed by atoms with Gasteiger partial charge in [-0.05, 0) is 47.9 Å². The minimum absolute atomic E-state index is 0.352. The van der Waals surface area contributed by atoms with Crippen molar-refractivity contribution in [2.45, 2.75) is 18.9 Å². The quantitative estimate of drug-likeness (QED) is 0.331. The van der Waals surface area contributed by atoms with Crippen molar-refractivity contribution in [2.24, 2.45) is 5.73 Å². The number of amides is 1. The van der Waals surface area contributed by atoms with Crippen LogP contribution >= 0.6 is 0 Å². The van der Waals surface area contributed by atoms with E-state index in [1.54, 1.807) is 12.1 Å². The van der Waals surface area contributed by atoms with Crippen LogP contribution in [0.5, 0.6) is 11.6 Å². The van der Waals surface area contributed by atoms with Gasteiger partial charge in [0, 0.05) is 24.7 Å². The Labute approximate surface area is 194 Å². The smallest absolute Gasteiger partial charge is 0.250 e. The largest absolute Gasteiger partial charge is 0.439 e. The number of carbonyl (C=O) groups excluding carboxylic acids is 1. The van der Waals surface area contributed by atoms with Crippen LogP contribution in [0.3, 0.4) is 0 Å². The van der Waals surface area contributed by atoms with Gasteiger partial charge in [0.2, 0.25) is 11.8 Å². The van der Waals surface area contributed by atoms with Gasteiger partial charge in [-0.15, -0.1) is 0 Å². The number of hydrogen-bond donors (Lipinski definition) is 2. The van der Waals surface area contributed by atoms with Gasteiger partial charge < -0.3 is 15.8 Å². The summed E-state index contributed by atoms with van der Waals surface area (Å²) in [6.07, 6.45) is 2.43. The predicted molar refractivity (Wildman–Crippen MR) is 130 cm³/mol. The second-order valence-corrected chi connectivity index (χ2v) is 7.83. The average Bonchev–Trinajstić information content (AvgIpc) is 2.86. The lowest BCUT2D eigenvalue weighted by molar-refractivity contribution is 0.1000. The number of nitrogens with two attached hydrogens (primary N) is 1. The molecule has 0 aliphatic carbocycles. The van der Waals surface area contributed by atoms with Crippen LogP contribution < -0.4 is 15.8 Å². The zero-order valence-electron chi connectivity index (χ0n) is 18.4. The first-order valence-corrected chi connectivity index (χ1v) is 11.0. The molecule has 0 radical (unpaired) electrons. The summed E-state index contributed by atoms with van der Waals surface area (Å²) in [6, 6.07) is 32.5. The number of hydrogen-bond acceptors (Lipinski definition) is 4. The van der Waals surface area contributed by atoms with Crippen LogP contribution in [-0.4, -0.2) is 17.4 Å². The first-order chi connectivity index (χ1) is 16.2. The normalized spacial score (nSPS) is 10.8. The van der Waals surface area contributed by atoms with Gasteiger partial charge in [-0.3, -0.25) is 4.79 Å². The molecule has 5 heteroatoms. The molecule has 0 aliphatic rings. The monoisotopic (exact) mass is 437 g/mol. The third kappa shape index (κ3) is 6.28. The van der Waals surface area contributed by atoms with E-state index in [0.717, 1.165) is 19.5 Å². The number of nitrogens with zero attached hydrogens (tertiary/aromatic N) is 1. The standard InChI is InChI=1S/C28H27N3O2/c29-28(32)24-13-16-27(31-20-24)33-25-14-11-21(12-15-25)19-30-18-17-26(22-7-3-1-4-8-22)23-9-5-2-6-10-23/h1-16,20,26,30H,17-19H2,(H2,29,32). The van der Waals surface area contributed by atoms with Crippen LogP contribution in [0.2, 0.25) is 0 Å². The topological polar surface area (TPSA) is 77.2 Å². The van der Waals surface area contributed by atoms with Gasteiger partial charge in [0.15, 0.2) is 0 Å². The summed E-state index contributed by atoms with van der Waals surface area (Å²) in [4.78, 5) is 15.2. The summed E-state index contributed by atoms with van der Waals surface area (Å²) >= 11 is 0. The SMILES string of the molecule is NC(=O)c1ccc(Oc2ccc(CNCCC(c3ccccc3)c3ccccc3)cc2)nc1. The van der Waals surface area contributed by atoms with Crippen molar-refractivity contribution in [1.29, 1.82) is 0 Å². The van der Waals surface area contributed by atoms with Crippen molar-refractivity contribution in [3.63, 3.8) is 0 Å². The van der Waals surface area contributed by atoms with E-state index in [9.17, 15) is 4.79 Å². The van der Waals surface area contributed by atoms with Crippen LogP contribution in [-0.2, 0) is 6.54 Å². The maximum atomic E-state index is 11.1. The summed E-state index contributed by atoms with van der Waals surface area (Å²) in [7, 11) is 0. The van der Waals surface area contributed by atoms with E-state index in [0.29, 0.717) is 23.1 Å². The highest BCUT2D eigenvalue weighted by atomic mass is 16.5. The lowest BCUT2D eigenvalue weighted by Crippen LogP contribution is -2.17. The van der Waals surface area contributed by atoms with Gasteiger partial charge in [-0.2, -0.15) is 0 Å². The third-order valence-corrected chi connectivity index (χ3v) is 5.51. The Morgan fingerprint density at radius 2 is 1.48 bits per heavy atom. The summed E-state index contributed by atoms with van der Waals surface area (Å²) in [5.41, 5.74) is 9.44. The minimum Gasteiger partial charge on any atom is -0.439 e. The van der Waals surface area contributed by atoms with E-state index in [1.807, 2.05) is 24.3 Å². The number of nitrogens with one attached hydrogen (secondary N) is 1. The average molecular weight is 438 g/mol. The maximum absolute atomic E-state index is 11.1. The highest BCUT2D eigenvalue weighted by Crippen LogP contribution is 2.27. The number of pyridine rings is 1. The van der Waals surface area contributed by atoms with E-state index < -0.39 is 5.91 Å². The molecule has 33 heavy (non-hydrogen) atoms. The Bertz CT molecular complexity index is 1110. The molecule has 0 bridgehead atoms. The summed E-state index contributed by atoms with van der Waals surface area (Å²) < 4.78 is 5.74. The van der Waals surface area contributed by atoms with Crippen LogP contribution in [0.4, 0.5) is 0 Å². The molecule has 0 saturated carbocycles. The molecule has 166 valence electrons.